The van der Waals surface area contributed by atoms with Crippen LogP contribution in [-0.4, -0.2) is 77.0 Å². The summed E-state index contributed by atoms with van der Waals surface area (Å²) in [4.78, 5) is 43.5. The minimum atomic E-state index is -0.127. The topological polar surface area (TPSA) is 102 Å². The lowest BCUT2D eigenvalue weighted by molar-refractivity contribution is -0.130. The number of nitrogens with one attached hydrogen (secondary N) is 2. The van der Waals surface area contributed by atoms with Gasteiger partial charge >= 0.3 is 0 Å². The van der Waals surface area contributed by atoms with Crippen molar-refractivity contribution >= 4 is 11.8 Å². The van der Waals surface area contributed by atoms with Crippen molar-refractivity contribution in [3.05, 3.63) is 98.0 Å². The average molecular weight is 555 g/mol. The predicted octanol–water partition coefficient (Wildman–Crippen LogP) is 2.99. The number of hydrogen-bond donors (Lipinski definition) is 2. The van der Waals surface area contributed by atoms with E-state index < -0.39 is 0 Å². The van der Waals surface area contributed by atoms with Crippen LogP contribution in [0.2, 0.25) is 0 Å². The minimum absolute atomic E-state index is 0.0193. The van der Waals surface area contributed by atoms with Crippen molar-refractivity contribution in [1.82, 2.24) is 30.2 Å². The first-order chi connectivity index (χ1) is 19.8. The van der Waals surface area contributed by atoms with E-state index in [1.54, 1.807) is 11.8 Å². The normalized spacial score (nSPS) is 22.0. The van der Waals surface area contributed by atoms with Crippen LogP contribution in [0.4, 0.5) is 0 Å². The first kappa shape index (κ1) is 27.4. The van der Waals surface area contributed by atoms with Crippen LogP contribution in [0.1, 0.15) is 81.6 Å². The maximum absolute atomic E-state index is 13.3. The fourth-order valence-electron chi connectivity index (χ4n) is 6.73. The van der Waals surface area contributed by atoms with Gasteiger partial charge in [-0.2, -0.15) is 5.10 Å². The van der Waals surface area contributed by atoms with Crippen molar-refractivity contribution in [2.45, 2.75) is 50.7 Å². The molecule has 0 saturated carbocycles. The van der Waals surface area contributed by atoms with Gasteiger partial charge < -0.3 is 20.0 Å². The highest BCUT2D eigenvalue weighted by molar-refractivity contribution is 5.94. The Bertz CT molecular complexity index is 1490. The van der Waals surface area contributed by atoms with Crippen LogP contribution in [0.3, 0.4) is 0 Å². The second-order valence-electron chi connectivity index (χ2n) is 11.8. The molecule has 3 atom stereocenters. The molecular formula is C32H38N6O3. The van der Waals surface area contributed by atoms with Crippen molar-refractivity contribution < 1.29 is 9.59 Å². The largest absolute Gasteiger partial charge is 0.339 e. The summed E-state index contributed by atoms with van der Waals surface area (Å²) in [7, 11) is 4.13. The van der Waals surface area contributed by atoms with E-state index >= 15 is 0 Å². The van der Waals surface area contributed by atoms with E-state index in [4.69, 9.17) is 0 Å². The summed E-state index contributed by atoms with van der Waals surface area (Å²) in [5.74, 6) is -0.100. The summed E-state index contributed by atoms with van der Waals surface area (Å²) in [6.45, 7) is 4.63. The van der Waals surface area contributed by atoms with Gasteiger partial charge in [0, 0.05) is 74.3 Å². The number of nitrogens with zero attached hydrogens (tertiary/aromatic N) is 4. The zero-order valence-electron chi connectivity index (χ0n) is 24.0. The molecule has 41 heavy (non-hydrogen) atoms. The number of benzene rings is 2. The molecule has 0 bridgehead atoms. The highest BCUT2D eigenvalue weighted by atomic mass is 16.2. The van der Waals surface area contributed by atoms with Gasteiger partial charge in [-0.25, -0.2) is 5.10 Å². The number of carbonyl (C=O) groups is 2. The quantitative estimate of drug-likeness (QED) is 0.503. The van der Waals surface area contributed by atoms with Gasteiger partial charge in [-0.05, 0) is 62.2 Å². The third kappa shape index (κ3) is 5.31. The summed E-state index contributed by atoms with van der Waals surface area (Å²) in [6, 6.07) is 16.7. The molecule has 3 aliphatic rings. The fourth-order valence-corrected chi connectivity index (χ4v) is 6.73. The third-order valence-electron chi connectivity index (χ3n) is 8.80. The van der Waals surface area contributed by atoms with Crippen molar-refractivity contribution in [3.63, 3.8) is 0 Å². The summed E-state index contributed by atoms with van der Waals surface area (Å²) in [5, 5.41) is 11.4. The molecule has 3 aromatic rings. The van der Waals surface area contributed by atoms with Crippen LogP contribution in [0.15, 0.2) is 53.3 Å². The summed E-state index contributed by atoms with van der Waals surface area (Å²) in [6.07, 6.45) is 2.70. The van der Waals surface area contributed by atoms with Gasteiger partial charge in [0.15, 0.2) is 0 Å². The molecule has 9 heteroatoms. The van der Waals surface area contributed by atoms with Crippen LogP contribution >= 0.6 is 0 Å². The van der Waals surface area contributed by atoms with Gasteiger partial charge in [-0.3, -0.25) is 14.4 Å². The molecule has 0 radical (unpaired) electrons. The number of aromatic nitrogens is 2. The Hall–Kier alpha value is -3.82. The number of piperazine rings is 1. The molecule has 9 nitrogen and oxygen atoms in total. The standard InChI is InChI=1S/C32H38N6O3/c1-20(39)37-15-17-38(18-16-37)32(41)24-13-11-22(12-14-24)27-29(23-9-7-21(8-10-23)19-36(2)3)33-26-6-4-5-25-28(26)30(27)34-35-31(25)40/h7-14,26-27,29,33H,4-6,15-19H2,1-3H3,(H,35,40). The highest BCUT2D eigenvalue weighted by Gasteiger charge is 2.41. The molecule has 1 fully saturated rings. The van der Waals surface area contributed by atoms with E-state index in [1.807, 2.05) is 29.2 Å². The van der Waals surface area contributed by atoms with Crippen LogP contribution in [0, 0.1) is 0 Å². The second kappa shape index (κ2) is 11.2. The average Bonchev–Trinajstić information content (AvgIpc) is 2.98. The molecule has 2 aromatic carbocycles. The van der Waals surface area contributed by atoms with E-state index in [0.717, 1.165) is 48.2 Å². The zero-order chi connectivity index (χ0) is 28.7. The number of amides is 2. The SMILES string of the molecule is CC(=O)N1CCN(C(=O)c2ccc(C3c4n[nH]c(=O)c5c4C(CCC5)NC3c3ccc(CN(C)C)cc3)cc2)CC1. The smallest absolute Gasteiger partial charge is 0.267 e. The van der Waals surface area contributed by atoms with Crippen LogP contribution < -0.4 is 10.9 Å². The molecule has 1 aromatic heterocycles. The van der Waals surface area contributed by atoms with E-state index in [9.17, 15) is 14.4 Å². The van der Waals surface area contributed by atoms with Crippen molar-refractivity contribution in [2.24, 2.45) is 0 Å². The molecule has 1 saturated heterocycles. The maximum atomic E-state index is 13.3. The summed E-state index contributed by atoms with van der Waals surface area (Å²) >= 11 is 0. The fraction of sp³-hybridized carbons (Fsp3) is 0.438. The van der Waals surface area contributed by atoms with Gasteiger partial charge in [0.05, 0.1) is 5.69 Å². The molecule has 3 heterocycles. The van der Waals surface area contributed by atoms with E-state index in [2.05, 4.69) is 58.8 Å². The maximum Gasteiger partial charge on any atom is 0.267 e. The summed E-state index contributed by atoms with van der Waals surface area (Å²) in [5.41, 5.74) is 6.83. The van der Waals surface area contributed by atoms with Crippen LogP contribution in [0.25, 0.3) is 0 Å². The van der Waals surface area contributed by atoms with Crippen LogP contribution in [-0.2, 0) is 17.8 Å². The van der Waals surface area contributed by atoms with Crippen LogP contribution in [0.5, 0.6) is 0 Å². The van der Waals surface area contributed by atoms with Gasteiger partial charge in [-0.1, -0.05) is 36.4 Å². The van der Waals surface area contributed by atoms with Gasteiger partial charge in [0.2, 0.25) is 5.91 Å². The number of carbonyl (C=O) groups excluding carboxylic acids is 2. The lowest BCUT2D eigenvalue weighted by Gasteiger charge is -2.41. The molecule has 0 spiro atoms. The monoisotopic (exact) mass is 554 g/mol. The molecule has 2 N–H and O–H groups in total. The zero-order valence-corrected chi connectivity index (χ0v) is 24.0. The summed E-state index contributed by atoms with van der Waals surface area (Å²) < 4.78 is 0. The van der Waals surface area contributed by atoms with E-state index in [0.29, 0.717) is 31.7 Å². The number of rotatable bonds is 5. The van der Waals surface area contributed by atoms with E-state index in [-0.39, 0.29) is 35.4 Å². The Labute approximate surface area is 240 Å². The van der Waals surface area contributed by atoms with Crippen molar-refractivity contribution in [1.29, 1.82) is 0 Å². The number of H-pyrrole nitrogens is 1. The van der Waals surface area contributed by atoms with Crippen molar-refractivity contribution in [3.8, 4) is 0 Å². The second-order valence-corrected chi connectivity index (χ2v) is 11.8. The van der Waals surface area contributed by atoms with Gasteiger partial charge in [0.25, 0.3) is 11.5 Å². The Kier molecular flexibility index (Phi) is 7.48. The number of aromatic amines is 1. The number of hydrogen-bond acceptors (Lipinski definition) is 6. The Morgan fingerprint density at radius 2 is 1.61 bits per heavy atom. The molecule has 2 amide bonds. The molecule has 2 aliphatic heterocycles. The first-order valence-electron chi connectivity index (χ1n) is 14.6. The molecule has 1 aliphatic carbocycles. The van der Waals surface area contributed by atoms with Gasteiger partial charge in [0.1, 0.15) is 0 Å². The molecular weight excluding hydrogens is 516 g/mol. The molecule has 214 valence electrons. The Morgan fingerprint density at radius 1 is 0.951 bits per heavy atom. The lowest BCUT2D eigenvalue weighted by atomic mass is 9.74. The van der Waals surface area contributed by atoms with E-state index in [1.165, 1.54) is 11.1 Å². The highest BCUT2D eigenvalue weighted by Crippen LogP contribution is 2.47. The van der Waals surface area contributed by atoms with Gasteiger partial charge in [-0.15, -0.1) is 0 Å². The molecule has 6 rings (SSSR count). The third-order valence-corrected chi connectivity index (χ3v) is 8.80. The Balaban J connectivity index is 1.34. The minimum Gasteiger partial charge on any atom is -0.339 e. The lowest BCUT2D eigenvalue weighted by Crippen LogP contribution is -2.50. The van der Waals surface area contributed by atoms with Crippen molar-refractivity contribution in [2.75, 3.05) is 40.3 Å². The first-order valence-corrected chi connectivity index (χ1v) is 14.6. The molecule has 3 unspecified atom stereocenters. The Morgan fingerprint density at radius 3 is 2.27 bits per heavy atom. The predicted molar refractivity (Wildman–Crippen MR) is 157 cm³/mol.